The summed E-state index contributed by atoms with van der Waals surface area (Å²) in [6.45, 7) is -0.507. The van der Waals surface area contributed by atoms with Crippen LogP contribution in [0.1, 0.15) is 21.5 Å². The molecule has 2 heterocycles. The molecule has 0 bridgehead atoms. The van der Waals surface area contributed by atoms with Gasteiger partial charge in [0.2, 0.25) is 10.0 Å². The fraction of sp³-hybridized carbons (Fsp3) is 0.200. The summed E-state index contributed by atoms with van der Waals surface area (Å²) in [7, 11) is -2.38. The van der Waals surface area contributed by atoms with Crippen molar-refractivity contribution in [3.63, 3.8) is 0 Å². The Kier molecular flexibility index (Phi) is 4.61. The first kappa shape index (κ1) is 20.0. The van der Waals surface area contributed by atoms with Gasteiger partial charge in [-0.05, 0) is 24.3 Å². The first-order valence-corrected chi connectivity index (χ1v) is 10.7. The molecule has 3 aromatic rings. The number of hydrogen-bond donors (Lipinski definition) is 1. The van der Waals surface area contributed by atoms with Gasteiger partial charge in [-0.15, -0.1) is 0 Å². The Morgan fingerprint density at radius 1 is 1.20 bits per heavy atom. The number of benzene rings is 2. The lowest BCUT2D eigenvalue weighted by Crippen LogP contribution is -2.27. The van der Waals surface area contributed by atoms with E-state index in [-0.39, 0.29) is 41.0 Å². The highest BCUT2D eigenvalue weighted by atomic mass is 32.2. The maximum absolute atomic E-state index is 14.1. The standard InChI is InChI=1S/C20H17F2N3O4S/c1-24(30(2,28)29)18-11-5-4-8-23-17(11)19(26)16-13(18)10-25(20(16)27)9-12-14(21)6-3-7-15(12)22/h3-8,26H,9-10H2,1-2H3. The molecule has 10 heteroatoms. The number of hydrogen-bond acceptors (Lipinski definition) is 5. The number of sulfonamides is 1. The summed E-state index contributed by atoms with van der Waals surface area (Å²) in [4.78, 5) is 18.3. The van der Waals surface area contributed by atoms with Gasteiger partial charge in [0, 0.05) is 36.3 Å². The fourth-order valence-electron chi connectivity index (χ4n) is 3.66. The molecule has 0 atom stereocenters. The lowest BCUT2D eigenvalue weighted by Gasteiger charge is -2.22. The average molecular weight is 433 g/mol. The molecule has 0 saturated carbocycles. The Bertz CT molecular complexity index is 1290. The number of aromatic nitrogens is 1. The van der Waals surface area contributed by atoms with Gasteiger partial charge < -0.3 is 10.0 Å². The maximum Gasteiger partial charge on any atom is 0.258 e. The maximum atomic E-state index is 14.1. The molecule has 0 saturated heterocycles. The van der Waals surface area contributed by atoms with Gasteiger partial charge >= 0.3 is 0 Å². The molecule has 156 valence electrons. The summed E-state index contributed by atoms with van der Waals surface area (Å²) in [6.07, 6.45) is 2.42. The molecule has 7 nitrogen and oxygen atoms in total. The number of anilines is 1. The number of carbonyl (C=O) groups excluding carboxylic acids is 1. The first-order valence-electron chi connectivity index (χ1n) is 8.90. The molecule has 2 aromatic carbocycles. The molecule has 1 aliphatic heterocycles. The van der Waals surface area contributed by atoms with Gasteiger partial charge in [0.15, 0.2) is 5.75 Å². The molecule has 4 rings (SSSR count). The Morgan fingerprint density at radius 3 is 2.50 bits per heavy atom. The first-order chi connectivity index (χ1) is 14.1. The molecule has 1 amide bonds. The Labute approximate surface area is 171 Å². The smallest absolute Gasteiger partial charge is 0.258 e. The van der Waals surface area contributed by atoms with Crippen LogP contribution < -0.4 is 4.31 Å². The minimum Gasteiger partial charge on any atom is -0.505 e. The van der Waals surface area contributed by atoms with Crippen LogP contribution in [0.4, 0.5) is 14.5 Å². The molecule has 0 spiro atoms. The molecule has 1 aromatic heterocycles. The van der Waals surface area contributed by atoms with Gasteiger partial charge in [0.1, 0.15) is 17.2 Å². The number of pyridine rings is 1. The van der Waals surface area contributed by atoms with Crippen molar-refractivity contribution in [1.29, 1.82) is 0 Å². The van der Waals surface area contributed by atoms with Crippen molar-refractivity contribution in [2.45, 2.75) is 13.1 Å². The lowest BCUT2D eigenvalue weighted by molar-refractivity contribution is 0.0761. The third kappa shape index (κ3) is 3.04. The average Bonchev–Trinajstić information content (AvgIpc) is 3.00. The van der Waals surface area contributed by atoms with Crippen LogP contribution in [0, 0.1) is 11.6 Å². The zero-order valence-corrected chi connectivity index (χ0v) is 16.9. The Morgan fingerprint density at radius 2 is 1.87 bits per heavy atom. The van der Waals surface area contributed by atoms with Crippen LogP contribution in [-0.2, 0) is 23.1 Å². The van der Waals surface area contributed by atoms with Crippen molar-refractivity contribution in [2.75, 3.05) is 17.6 Å². The van der Waals surface area contributed by atoms with E-state index in [9.17, 15) is 27.1 Å². The number of amides is 1. The van der Waals surface area contributed by atoms with E-state index in [0.29, 0.717) is 5.39 Å². The third-order valence-corrected chi connectivity index (χ3v) is 6.36. The van der Waals surface area contributed by atoms with E-state index in [4.69, 9.17) is 0 Å². The lowest BCUT2D eigenvalue weighted by atomic mass is 10.0. The summed E-state index contributed by atoms with van der Waals surface area (Å²) >= 11 is 0. The van der Waals surface area contributed by atoms with E-state index >= 15 is 0 Å². The minimum atomic E-state index is -3.71. The molecule has 0 unspecified atom stereocenters. The predicted octanol–water partition coefficient (Wildman–Crippen LogP) is 2.77. The van der Waals surface area contributed by atoms with Crippen molar-refractivity contribution in [3.8, 4) is 5.75 Å². The van der Waals surface area contributed by atoms with Crippen LogP contribution in [0.3, 0.4) is 0 Å². The topological polar surface area (TPSA) is 90.8 Å². The molecule has 0 aliphatic carbocycles. The van der Waals surface area contributed by atoms with Crippen molar-refractivity contribution in [3.05, 3.63) is 64.9 Å². The number of rotatable bonds is 4. The second kappa shape index (κ2) is 6.91. The van der Waals surface area contributed by atoms with E-state index in [0.717, 1.165) is 27.6 Å². The van der Waals surface area contributed by atoms with Gasteiger partial charge in [0.05, 0.1) is 24.1 Å². The fourth-order valence-corrected chi connectivity index (χ4v) is 4.20. The van der Waals surface area contributed by atoms with Crippen LogP contribution in [0.25, 0.3) is 10.9 Å². The summed E-state index contributed by atoms with van der Waals surface area (Å²) in [5.41, 5.74) is 0.0947. The second-order valence-corrected chi connectivity index (χ2v) is 9.06. The van der Waals surface area contributed by atoms with Crippen molar-refractivity contribution in [1.82, 2.24) is 9.88 Å². The zero-order valence-electron chi connectivity index (χ0n) is 16.1. The predicted molar refractivity (Wildman–Crippen MR) is 107 cm³/mol. The quantitative estimate of drug-likeness (QED) is 0.683. The van der Waals surface area contributed by atoms with Gasteiger partial charge in [-0.2, -0.15) is 0 Å². The molecule has 30 heavy (non-hydrogen) atoms. The molecular formula is C20H17F2N3O4S. The Hall–Kier alpha value is -3.27. The van der Waals surface area contributed by atoms with Gasteiger partial charge in [0.25, 0.3) is 5.91 Å². The largest absolute Gasteiger partial charge is 0.505 e. The van der Waals surface area contributed by atoms with E-state index in [1.807, 2.05) is 0 Å². The van der Waals surface area contributed by atoms with Gasteiger partial charge in [-0.25, -0.2) is 17.2 Å². The number of nitrogens with zero attached hydrogens (tertiary/aromatic N) is 3. The molecule has 1 aliphatic rings. The number of phenolic OH excluding ortho intramolecular Hbond substituents is 1. The highest BCUT2D eigenvalue weighted by molar-refractivity contribution is 7.92. The summed E-state index contributed by atoms with van der Waals surface area (Å²) in [6, 6.07) is 6.56. The number of fused-ring (bicyclic) bond motifs is 2. The second-order valence-electron chi connectivity index (χ2n) is 7.04. The van der Waals surface area contributed by atoms with E-state index in [1.165, 1.54) is 19.3 Å². The summed E-state index contributed by atoms with van der Waals surface area (Å²) < 4.78 is 53.7. The minimum absolute atomic E-state index is 0.0639. The van der Waals surface area contributed by atoms with Crippen LogP contribution >= 0.6 is 0 Å². The van der Waals surface area contributed by atoms with Crippen LogP contribution in [0.2, 0.25) is 0 Å². The number of halogens is 2. The molecule has 0 fully saturated rings. The number of aromatic hydroxyl groups is 1. The molecule has 0 radical (unpaired) electrons. The third-order valence-electron chi connectivity index (χ3n) is 5.18. The number of phenols is 1. The molecule has 1 N–H and O–H groups in total. The van der Waals surface area contributed by atoms with E-state index in [1.54, 1.807) is 12.1 Å². The zero-order chi connectivity index (χ0) is 21.8. The highest BCUT2D eigenvalue weighted by Crippen LogP contribution is 2.44. The van der Waals surface area contributed by atoms with E-state index in [2.05, 4.69) is 4.98 Å². The monoisotopic (exact) mass is 433 g/mol. The van der Waals surface area contributed by atoms with Gasteiger partial charge in [-0.1, -0.05) is 6.07 Å². The Balaban J connectivity index is 1.91. The van der Waals surface area contributed by atoms with E-state index < -0.39 is 33.3 Å². The van der Waals surface area contributed by atoms with Crippen molar-refractivity contribution < 1.29 is 27.1 Å². The SMILES string of the molecule is CN(c1c2c(c(O)c3ncccc13)C(=O)N(Cc1c(F)cccc1F)C2)S(C)(=O)=O. The van der Waals surface area contributed by atoms with Crippen molar-refractivity contribution >= 4 is 32.5 Å². The summed E-state index contributed by atoms with van der Waals surface area (Å²) in [5.74, 6) is -2.67. The highest BCUT2D eigenvalue weighted by Gasteiger charge is 2.37. The molecular weight excluding hydrogens is 416 g/mol. The van der Waals surface area contributed by atoms with Crippen molar-refractivity contribution in [2.24, 2.45) is 0 Å². The number of carbonyl (C=O) groups is 1. The van der Waals surface area contributed by atoms with Gasteiger partial charge in [-0.3, -0.25) is 14.1 Å². The van der Waals surface area contributed by atoms with Crippen LogP contribution in [0.15, 0.2) is 36.5 Å². The van der Waals surface area contributed by atoms with Crippen LogP contribution in [0.5, 0.6) is 5.75 Å². The summed E-state index contributed by atoms with van der Waals surface area (Å²) in [5, 5.41) is 11.1. The van der Waals surface area contributed by atoms with Crippen LogP contribution in [-0.4, -0.2) is 42.6 Å². The normalized spacial score (nSPS) is 13.7.